The molecule has 0 unspecified atom stereocenters. The molecule has 0 aliphatic rings. The van der Waals surface area contributed by atoms with Crippen LogP contribution in [0.4, 0.5) is 8.78 Å². The molecule has 3 aromatic rings. The number of ether oxygens (including phenoxy) is 1. The van der Waals surface area contributed by atoms with E-state index in [9.17, 15) is 13.6 Å². The van der Waals surface area contributed by atoms with Crippen molar-refractivity contribution < 1.29 is 22.7 Å². The number of esters is 1. The Morgan fingerprint density at radius 1 is 1.05 bits per heavy atom. The van der Waals surface area contributed by atoms with Gasteiger partial charge in [-0.25, -0.2) is 13.6 Å². The lowest BCUT2D eigenvalue weighted by Crippen LogP contribution is -2.17. The molecule has 0 saturated heterocycles. The van der Waals surface area contributed by atoms with Gasteiger partial charge in [0.2, 0.25) is 5.92 Å². The van der Waals surface area contributed by atoms with Gasteiger partial charge in [-0.2, -0.15) is 0 Å². The number of aryl methyl sites for hydroxylation is 2. The number of furan rings is 1. The molecule has 0 atom stereocenters. The van der Waals surface area contributed by atoms with Crippen LogP contribution in [-0.2, 0) is 16.0 Å². The predicted molar refractivity (Wildman–Crippen MR) is 150 cm³/mol. The summed E-state index contributed by atoms with van der Waals surface area (Å²) in [4.78, 5) is 12.3. The number of rotatable bonds is 15. The molecule has 0 aliphatic carbocycles. The Balaban J connectivity index is 1.49. The molecule has 2 aromatic carbocycles. The lowest BCUT2D eigenvalue weighted by atomic mass is 10.00. The highest BCUT2D eigenvalue weighted by molar-refractivity contribution is 7.99. The summed E-state index contributed by atoms with van der Waals surface area (Å²) in [7, 11) is 0. The van der Waals surface area contributed by atoms with Gasteiger partial charge in [0.15, 0.2) is 0 Å². The first kappa shape index (κ1) is 29.0. The van der Waals surface area contributed by atoms with Crippen molar-refractivity contribution in [2.75, 3.05) is 12.4 Å². The average Bonchev–Trinajstić information content (AvgIpc) is 3.27. The van der Waals surface area contributed by atoms with Crippen molar-refractivity contribution in [3.8, 4) is 11.3 Å². The van der Waals surface area contributed by atoms with E-state index in [2.05, 4.69) is 44.7 Å². The lowest BCUT2D eigenvalue weighted by molar-refractivity contribution is -0.139. The molecule has 37 heavy (non-hydrogen) atoms. The van der Waals surface area contributed by atoms with Crippen molar-refractivity contribution in [3.63, 3.8) is 0 Å². The molecule has 1 heterocycles. The minimum absolute atomic E-state index is 0.0101. The molecule has 200 valence electrons. The Bertz CT molecular complexity index is 1200. The summed E-state index contributed by atoms with van der Waals surface area (Å²) in [5, 5.41) is 1.03. The number of fused-ring (bicyclic) bond motifs is 1. The molecule has 0 amide bonds. The first-order valence-electron chi connectivity index (χ1n) is 13.2. The minimum Gasteiger partial charge on any atom is -0.462 e. The fourth-order valence-electron chi connectivity index (χ4n) is 4.24. The molecule has 0 saturated carbocycles. The topological polar surface area (TPSA) is 39.4 Å². The number of halogens is 2. The first-order valence-corrected chi connectivity index (χ1v) is 14.1. The Morgan fingerprint density at radius 2 is 1.84 bits per heavy atom. The summed E-state index contributed by atoms with van der Waals surface area (Å²) < 4.78 is 39.4. The van der Waals surface area contributed by atoms with Crippen LogP contribution in [-0.4, -0.2) is 24.3 Å². The van der Waals surface area contributed by atoms with Crippen LogP contribution in [0.25, 0.3) is 22.3 Å². The quantitative estimate of drug-likeness (QED) is 0.0852. The molecule has 6 heteroatoms. The van der Waals surface area contributed by atoms with Crippen LogP contribution < -0.4 is 0 Å². The van der Waals surface area contributed by atoms with Gasteiger partial charge in [-0.05, 0) is 80.7 Å². The molecule has 0 radical (unpaired) electrons. The second kappa shape index (κ2) is 13.8. The SMILES string of the molecule is C=C(C)C(=O)OCCCC(F)(F)CCCSc1ccc2cc(-c3ccc(CCCCC)cc3C)oc2c1. The fourth-order valence-corrected chi connectivity index (χ4v) is 5.11. The van der Waals surface area contributed by atoms with E-state index in [1.807, 2.05) is 18.2 Å². The van der Waals surface area contributed by atoms with Crippen molar-refractivity contribution in [2.45, 2.75) is 83.0 Å². The zero-order valence-corrected chi connectivity index (χ0v) is 23.0. The molecule has 0 fully saturated rings. The summed E-state index contributed by atoms with van der Waals surface area (Å²) in [6.07, 6.45) is 4.85. The highest BCUT2D eigenvalue weighted by Crippen LogP contribution is 2.34. The number of unbranched alkanes of at least 4 members (excludes halogenated alkanes) is 2. The molecule has 0 aliphatic heterocycles. The van der Waals surface area contributed by atoms with Crippen molar-refractivity contribution in [1.29, 1.82) is 0 Å². The van der Waals surface area contributed by atoms with Gasteiger partial charge in [-0.1, -0.05) is 44.5 Å². The number of carbonyl (C=O) groups excluding carboxylic acids is 1. The van der Waals surface area contributed by atoms with Crippen LogP contribution in [0.2, 0.25) is 0 Å². The van der Waals surface area contributed by atoms with Gasteiger partial charge < -0.3 is 9.15 Å². The lowest BCUT2D eigenvalue weighted by Gasteiger charge is -2.16. The average molecular weight is 529 g/mol. The zero-order chi connectivity index (χ0) is 26.8. The molecule has 3 rings (SSSR count). The van der Waals surface area contributed by atoms with Crippen LogP contribution in [0.15, 0.2) is 63.9 Å². The van der Waals surface area contributed by atoms with E-state index in [1.165, 1.54) is 37.3 Å². The van der Waals surface area contributed by atoms with Crippen LogP contribution in [0.5, 0.6) is 0 Å². The number of carbonyl (C=O) groups is 1. The van der Waals surface area contributed by atoms with Gasteiger partial charge in [-0.15, -0.1) is 11.8 Å². The number of alkyl halides is 2. The summed E-state index contributed by atoms with van der Waals surface area (Å²) >= 11 is 1.56. The van der Waals surface area contributed by atoms with Crippen LogP contribution in [0.1, 0.15) is 69.9 Å². The molecule has 0 spiro atoms. The maximum Gasteiger partial charge on any atom is 0.333 e. The maximum atomic E-state index is 14.2. The van der Waals surface area contributed by atoms with Gasteiger partial charge in [0.05, 0.1) is 6.61 Å². The van der Waals surface area contributed by atoms with E-state index in [-0.39, 0.29) is 31.4 Å². The third-order valence-electron chi connectivity index (χ3n) is 6.34. The molecule has 0 N–H and O–H groups in total. The molecular weight excluding hydrogens is 490 g/mol. The first-order chi connectivity index (χ1) is 17.7. The van der Waals surface area contributed by atoms with Gasteiger partial charge >= 0.3 is 5.97 Å². The van der Waals surface area contributed by atoms with E-state index >= 15 is 0 Å². The maximum absolute atomic E-state index is 14.2. The van der Waals surface area contributed by atoms with E-state index in [4.69, 9.17) is 9.15 Å². The monoisotopic (exact) mass is 528 g/mol. The Morgan fingerprint density at radius 3 is 2.57 bits per heavy atom. The summed E-state index contributed by atoms with van der Waals surface area (Å²) in [5.41, 5.74) is 4.75. The molecule has 0 bridgehead atoms. The van der Waals surface area contributed by atoms with Gasteiger partial charge in [0.1, 0.15) is 11.3 Å². The van der Waals surface area contributed by atoms with Gasteiger partial charge in [-0.3, -0.25) is 0 Å². The Kier molecular flexibility index (Phi) is 10.8. The van der Waals surface area contributed by atoms with E-state index < -0.39 is 11.9 Å². The van der Waals surface area contributed by atoms with Gasteiger partial charge in [0, 0.05) is 34.3 Å². The number of hydrogen-bond donors (Lipinski definition) is 0. The largest absolute Gasteiger partial charge is 0.462 e. The third kappa shape index (κ3) is 9.03. The molecule has 3 nitrogen and oxygen atoms in total. The van der Waals surface area contributed by atoms with Crippen molar-refractivity contribution >= 4 is 28.7 Å². The Labute approximate surface area is 223 Å². The number of thioether (sulfide) groups is 1. The van der Waals surface area contributed by atoms with Gasteiger partial charge in [0.25, 0.3) is 0 Å². The normalized spacial score (nSPS) is 11.7. The highest BCUT2D eigenvalue weighted by atomic mass is 32.2. The molecular formula is C31H38F2O3S. The minimum atomic E-state index is -2.76. The summed E-state index contributed by atoms with van der Waals surface area (Å²) in [6, 6.07) is 14.7. The summed E-state index contributed by atoms with van der Waals surface area (Å²) in [6.45, 7) is 9.34. The van der Waals surface area contributed by atoms with E-state index in [1.54, 1.807) is 11.8 Å². The smallest absolute Gasteiger partial charge is 0.333 e. The third-order valence-corrected chi connectivity index (χ3v) is 7.42. The second-order valence-electron chi connectivity index (χ2n) is 9.74. The zero-order valence-electron chi connectivity index (χ0n) is 22.2. The van der Waals surface area contributed by atoms with Crippen molar-refractivity contribution in [1.82, 2.24) is 0 Å². The van der Waals surface area contributed by atoms with E-state index in [0.29, 0.717) is 12.2 Å². The molecule has 1 aromatic heterocycles. The highest BCUT2D eigenvalue weighted by Gasteiger charge is 2.27. The van der Waals surface area contributed by atoms with E-state index in [0.717, 1.165) is 33.6 Å². The van der Waals surface area contributed by atoms with Crippen LogP contribution in [0.3, 0.4) is 0 Å². The standard InChI is InChI=1S/C31H38F2O3S/c1-5-6-7-10-24-11-14-27(23(4)19-24)29-20-25-12-13-26(21-28(25)36-29)37-18-9-16-31(32,33)15-8-17-35-30(34)22(2)3/h11-14,19-21H,2,5-10,15-18H2,1,3-4H3. The van der Waals surface area contributed by atoms with Crippen molar-refractivity contribution in [2.24, 2.45) is 0 Å². The van der Waals surface area contributed by atoms with Crippen LogP contribution in [0, 0.1) is 6.92 Å². The predicted octanol–water partition coefficient (Wildman–Crippen LogP) is 9.55. The second-order valence-corrected chi connectivity index (χ2v) is 10.9. The summed E-state index contributed by atoms with van der Waals surface area (Å²) in [5.74, 6) is -1.85. The number of benzene rings is 2. The van der Waals surface area contributed by atoms with Crippen molar-refractivity contribution in [3.05, 3.63) is 65.7 Å². The fraction of sp³-hybridized carbons (Fsp3) is 0.452. The Hall–Kier alpha value is -2.60. The van der Waals surface area contributed by atoms with Crippen LogP contribution >= 0.6 is 11.8 Å². The number of hydrogen-bond acceptors (Lipinski definition) is 4.